The fourth-order valence-corrected chi connectivity index (χ4v) is 4.57. The normalized spacial score (nSPS) is 11.4. The van der Waals surface area contributed by atoms with Crippen LogP contribution in [0.5, 0.6) is 0 Å². The maximum absolute atomic E-state index is 13.1. The molecule has 0 aliphatic rings. The molecule has 10 heteroatoms. The molecule has 0 amide bonds. The number of benzene rings is 1. The van der Waals surface area contributed by atoms with Crippen LogP contribution in [0.25, 0.3) is 21.7 Å². The lowest BCUT2D eigenvalue weighted by molar-refractivity contribution is 0.140. The van der Waals surface area contributed by atoms with Crippen LogP contribution < -0.4 is 5.56 Å². The number of thioether (sulfide) groups is 1. The van der Waals surface area contributed by atoms with Gasteiger partial charge in [0.2, 0.25) is 0 Å². The standard InChI is InChI=1S/C20H19ClN4O3S2/c1-2-27-9-4-8-25-19(26)14-7-6-13(21)11-15(14)22-20(25)30-12-17-23-18(28-24-17)16-5-3-10-29-16/h3,5-7,10-11H,2,4,8-9,12H2,1H3. The maximum Gasteiger partial charge on any atom is 0.268 e. The summed E-state index contributed by atoms with van der Waals surface area (Å²) >= 11 is 9.04. The Bertz CT molecular complexity index is 1190. The van der Waals surface area contributed by atoms with Gasteiger partial charge in [-0.1, -0.05) is 34.6 Å². The fourth-order valence-electron chi connectivity index (χ4n) is 2.89. The highest BCUT2D eigenvalue weighted by atomic mass is 35.5. The third-order valence-corrected chi connectivity index (χ3v) is 6.35. The molecule has 1 aromatic carbocycles. The molecule has 0 unspecified atom stereocenters. The van der Waals surface area contributed by atoms with Gasteiger partial charge in [-0.3, -0.25) is 9.36 Å². The minimum absolute atomic E-state index is 0.0944. The minimum atomic E-state index is -0.0944. The summed E-state index contributed by atoms with van der Waals surface area (Å²) in [6.45, 7) is 3.69. The van der Waals surface area contributed by atoms with Crippen LogP contribution in [0.15, 0.2) is 50.2 Å². The number of thiophene rings is 1. The van der Waals surface area contributed by atoms with Crippen LogP contribution in [0.4, 0.5) is 0 Å². The van der Waals surface area contributed by atoms with E-state index >= 15 is 0 Å². The molecule has 4 rings (SSSR count). The molecule has 0 bridgehead atoms. The van der Waals surface area contributed by atoms with Crippen LogP contribution in [0.1, 0.15) is 19.2 Å². The molecule has 0 aliphatic heterocycles. The van der Waals surface area contributed by atoms with E-state index in [1.165, 1.54) is 23.1 Å². The number of fused-ring (bicyclic) bond motifs is 1. The number of ether oxygens (including phenoxy) is 1. The van der Waals surface area contributed by atoms with E-state index in [-0.39, 0.29) is 5.56 Å². The van der Waals surface area contributed by atoms with E-state index in [9.17, 15) is 4.79 Å². The molecule has 0 radical (unpaired) electrons. The van der Waals surface area contributed by atoms with Gasteiger partial charge < -0.3 is 9.26 Å². The van der Waals surface area contributed by atoms with Crippen molar-refractivity contribution in [3.63, 3.8) is 0 Å². The van der Waals surface area contributed by atoms with E-state index in [1.54, 1.807) is 22.8 Å². The lowest BCUT2D eigenvalue weighted by Gasteiger charge is -2.12. The van der Waals surface area contributed by atoms with E-state index in [4.69, 9.17) is 20.9 Å². The van der Waals surface area contributed by atoms with Crippen molar-refractivity contribution in [2.45, 2.75) is 30.8 Å². The topological polar surface area (TPSA) is 83.0 Å². The van der Waals surface area contributed by atoms with E-state index < -0.39 is 0 Å². The van der Waals surface area contributed by atoms with Gasteiger partial charge in [-0.15, -0.1) is 11.3 Å². The van der Waals surface area contributed by atoms with Crippen molar-refractivity contribution in [2.24, 2.45) is 0 Å². The summed E-state index contributed by atoms with van der Waals surface area (Å²) in [5, 5.41) is 7.68. The van der Waals surface area contributed by atoms with Gasteiger partial charge in [0.05, 0.1) is 21.5 Å². The Kier molecular flexibility index (Phi) is 6.83. The summed E-state index contributed by atoms with van der Waals surface area (Å²) in [6, 6.07) is 8.99. The van der Waals surface area contributed by atoms with Gasteiger partial charge in [0.1, 0.15) is 0 Å². The highest BCUT2D eigenvalue weighted by molar-refractivity contribution is 7.98. The Morgan fingerprint density at radius 2 is 2.20 bits per heavy atom. The van der Waals surface area contributed by atoms with Crippen LogP contribution in [-0.4, -0.2) is 32.9 Å². The van der Waals surface area contributed by atoms with Crippen molar-refractivity contribution in [1.29, 1.82) is 0 Å². The minimum Gasteiger partial charge on any atom is -0.382 e. The molecule has 0 fully saturated rings. The maximum atomic E-state index is 13.1. The zero-order chi connectivity index (χ0) is 20.9. The third kappa shape index (κ3) is 4.75. The molecule has 3 aromatic heterocycles. The average Bonchev–Trinajstić information content (AvgIpc) is 3.42. The van der Waals surface area contributed by atoms with Crippen LogP contribution >= 0.6 is 34.7 Å². The van der Waals surface area contributed by atoms with Gasteiger partial charge in [-0.2, -0.15) is 4.98 Å². The van der Waals surface area contributed by atoms with Crippen LogP contribution in [0.2, 0.25) is 5.02 Å². The predicted molar refractivity (Wildman–Crippen MR) is 119 cm³/mol. The fraction of sp³-hybridized carbons (Fsp3) is 0.300. The predicted octanol–water partition coefficient (Wildman–Crippen LogP) is 4.88. The lowest BCUT2D eigenvalue weighted by atomic mass is 10.2. The van der Waals surface area contributed by atoms with E-state index in [0.29, 0.717) is 64.7 Å². The van der Waals surface area contributed by atoms with Crippen molar-refractivity contribution in [3.8, 4) is 10.8 Å². The molecule has 0 atom stereocenters. The lowest BCUT2D eigenvalue weighted by Crippen LogP contribution is -2.24. The van der Waals surface area contributed by atoms with Gasteiger partial charge >= 0.3 is 0 Å². The number of nitrogens with zero attached hydrogens (tertiary/aromatic N) is 4. The molecular formula is C20H19ClN4O3S2. The first-order valence-electron chi connectivity index (χ1n) is 9.43. The highest BCUT2D eigenvalue weighted by Crippen LogP contribution is 2.26. The van der Waals surface area contributed by atoms with Gasteiger partial charge in [-0.25, -0.2) is 4.98 Å². The quantitative estimate of drug-likeness (QED) is 0.199. The molecule has 3 heterocycles. The zero-order valence-electron chi connectivity index (χ0n) is 16.2. The van der Waals surface area contributed by atoms with E-state index in [0.717, 1.165) is 4.88 Å². The molecule has 7 nitrogen and oxygen atoms in total. The van der Waals surface area contributed by atoms with Crippen molar-refractivity contribution in [2.75, 3.05) is 13.2 Å². The van der Waals surface area contributed by atoms with Crippen molar-refractivity contribution < 1.29 is 9.26 Å². The van der Waals surface area contributed by atoms with Crippen LogP contribution in [-0.2, 0) is 17.0 Å². The summed E-state index contributed by atoms with van der Waals surface area (Å²) in [7, 11) is 0. The zero-order valence-corrected chi connectivity index (χ0v) is 18.6. The van der Waals surface area contributed by atoms with Gasteiger partial charge in [-0.05, 0) is 43.0 Å². The molecule has 0 saturated carbocycles. The second-order valence-electron chi connectivity index (χ2n) is 6.34. The van der Waals surface area contributed by atoms with E-state index in [1.807, 2.05) is 24.4 Å². The Labute approximate surface area is 186 Å². The Hall–Kier alpha value is -2.20. The summed E-state index contributed by atoms with van der Waals surface area (Å²) in [5.41, 5.74) is 0.478. The number of aromatic nitrogens is 4. The smallest absolute Gasteiger partial charge is 0.268 e. The van der Waals surface area contributed by atoms with Crippen molar-refractivity contribution in [1.82, 2.24) is 19.7 Å². The number of halogens is 1. The Morgan fingerprint density at radius 3 is 3.00 bits per heavy atom. The van der Waals surface area contributed by atoms with Crippen molar-refractivity contribution >= 4 is 45.6 Å². The summed E-state index contributed by atoms with van der Waals surface area (Å²) < 4.78 is 12.4. The summed E-state index contributed by atoms with van der Waals surface area (Å²) in [4.78, 5) is 23.1. The number of rotatable bonds is 9. The molecule has 0 aliphatic carbocycles. The summed E-state index contributed by atoms with van der Waals surface area (Å²) in [5.74, 6) is 1.47. The van der Waals surface area contributed by atoms with Crippen molar-refractivity contribution in [3.05, 3.63) is 56.9 Å². The first kappa shape index (κ1) is 21.0. The molecule has 0 N–H and O–H groups in total. The third-order valence-electron chi connectivity index (χ3n) is 4.29. The molecule has 0 spiro atoms. The van der Waals surface area contributed by atoms with Gasteiger partial charge in [0.25, 0.3) is 11.4 Å². The van der Waals surface area contributed by atoms with Crippen LogP contribution in [0.3, 0.4) is 0 Å². The highest BCUT2D eigenvalue weighted by Gasteiger charge is 2.15. The molecule has 156 valence electrons. The first-order valence-corrected chi connectivity index (χ1v) is 11.7. The molecule has 4 aromatic rings. The molecule has 30 heavy (non-hydrogen) atoms. The largest absolute Gasteiger partial charge is 0.382 e. The van der Waals surface area contributed by atoms with Gasteiger partial charge in [0.15, 0.2) is 11.0 Å². The Balaban J connectivity index is 1.60. The monoisotopic (exact) mass is 462 g/mol. The number of hydrogen-bond acceptors (Lipinski definition) is 8. The number of hydrogen-bond donors (Lipinski definition) is 0. The average molecular weight is 463 g/mol. The van der Waals surface area contributed by atoms with Crippen LogP contribution in [0, 0.1) is 0 Å². The Morgan fingerprint density at radius 1 is 1.30 bits per heavy atom. The van der Waals surface area contributed by atoms with E-state index in [2.05, 4.69) is 15.1 Å². The summed E-state index contributed by atoms with van der Waals surface area (Å²) in [6.07, 6.45) is 0.715. The van der Waals surface area contributed by atoms with Gasteiger partial charge in [0, 0.05) is 24.8 Å². The second-order valence-corrected chi connectivity index (χ2v) is 8.67. The first-order chi connectivity index (χ1) is 14.7. The molecule has 0 saturated heterocycles. The molecular weight excluding hydrogens is 444 g/mol. The SMILES string of the molecule is CCOCCCn1c(SCc2noc(-c3cccs3)n2)nc2cc(Cl)ccc2c1=O. The second kappa shape index (κ2) is 9.74.